The molecule has 118 valence electrons. The van der Waals surface area contributed by atoms with Gasteiger partial charge in [-0.25, -0.2) is 9.97 Å². The van der Waals surface area contributed by atoms with Crippen molar-refractivity contribution >= 4 is 44.7 Å². The summed E-state index contributed by atoms with van der Waals surface area (Å²) in [5.74, 6) is 1.66. The summed E-state index contributed by atoms with van der Waals surface area (Å²) in [4.78, 5) is 11.6. The molecule has 3 nitrogen and oxygen atoms in total. The van der Waals surface area contributed by atoms with Crippen LogP contribution in [0.3, 0.4) is 0 Å². The van der Waals surface area contributed by atoms with Crippen LogP contribution >= 0.6 is 22.9 Å². The maximum absolute atomic E-state index is 6.24. The summed E-state index contributed by atoms with van der Waals surface area (Å²) >= 11 is 8.06. The van der Waals surface area contributed by atoms with Crippen LogP contribution in [0.5, 0.6) is 0 Å². The molecule has 0 saturated carbocycles. The van der Waals surface area contributed by atoms with Gasteiger partial charge in [-0.2, -0.15) is 0 Å². The van der Waals surface area contributed by atoms with Gasteiger partial charge in [-0.1, -0.05) is 24.6 Å². The second kappa shape index (κ2) is 5.77. The third kappa shape index (κ3) is 2.60. The standard InChI is InChI=1S/C18H18ClN3S/c1-10-6-7-12-15(8-10)23-18-16(12)17(20-9-21-18)22-14-5-3-4-13(19)11(14)2/h3-5,9-10H,6-8H2,1-2H3,(H,20,21,22). The zero-order valence-corrected chi connectivity index (χ0v) is 14.8. The number of benzene rings is 1. The number of rotatable bonds is 2. The molecule has 0 saturated heterocycles. The van der Waals surface area contributed by atoms with E-state index in [0.29, 0.717) is 0 Å². The quantitative estimate of drug-likeness (QED) is 0.665. The first-order valence-electron chi connectivity index (χ1n) is 7.91. The maximum Gasteiger partial charge on any atom is 0.142 e. The van der Waals surface area contributed by atoms with Crippen molar-refractivity contribution in [2.24, 2.45) is 5.92 Å². The van der Waals surface area contributed by atoms with Gasteiger partial charge >= 0.3 is 0 Å². The molecular formula is C18H18ClN3S. The number of nitrogens with one attached hydrogen (secondary N) is 1. The predicted molar refractivity (Wildman–Crippen MR) is 98.1 cm³/mol. The highest BCUT2D eigenvalue weighted by molar-refractivity contribution is 7.19. The van der Waals surface area contributed by atoms with Crippen molar-refractivity contribution in [2.45, 2.75) is 33.1 Å². The zero-order valence-electron chi connectivity index (χ0n) is 13.2. The zero-order chi connectivity index (χ0) is 16.0. The maximum atomic E-state index is 6.24. The minimum Gasteiger partial charge on any atom is -0.339 e. The lowest BCUT2D eigenvalue weighted by atomic mass is 9.89. The van der Waals surface area contributed by atoms with Crippen LogP contribution in [0.15, 0.2) is 24.5 Å². The normalized spacial score (nSPS) is 17.3. The minimum atomic E-state index is 0.759. The average Bonchev–Trinajstić information content (AvgIpc) is 2.90. The Morgan fingerprint density at radius 3 is 3.04 bits per heavy atom. The number of anilines is 2. The smallest absolute Gasteiger partial charge is 0.142 e. The molecule has 3 aromatic rings. The van der Waals surface area contributed by atoms with Crippen LogP contribution in [-0.2, 0) is 12.8 Å². The Kier molecular flexibility index (Phi) is 3.74. The molecule has 1 N–H and O–H groups in total. The molecule has 4 rings (SSSR count). The van der Waals surface area contributed by atoms with Crippen molar-refractivity contribution in [1.82, 2.24) is 9.97 Å². The molecule has 1 aromatic carbocycles. The van der Waals surface area contributed by atoms with Crippen LogP contribution in [0.25, 0.3) is 10.2 Å². The van der Waals surface area contributed by atoms with Crippen LogP contribution in [-0.4, -0.2) is 9.97 Å². The highest BCUT2D eigenvalue weighted by Gasteiger charge is 2.23. The van der Waals surface area contributed by atoms with Gasteiger partial charge < -0.3 is 5.32 Å². The lowest BCUT2D eigenvalue weighted by molar-refractivity contribution is 0.509. The van der Waals surface area contributed by atoms with Crippen molar-refractivity contribution in [3.05, 3.63) is 45.6 Å². The van der Waals surface area contributed by atoms with E-state index in [0.717, 1.165) is 45.7 Å². The van der Waals surface area contributed by atoms with Gasteiger partial charge in [-0.3, -0.25) is 0 Å². The van der Waals surface area contributed by atoms with Crippen molar-refractivity contribution in [2.75, 3.05) is 5.32 Å². The highest BCUT2D eigenvalue weighted by Crippen LogP contribution is 2.40. The Balaban J connectivity index is 1.83. The van der Waals surface area contributed by atoms with E-state index in [4.69, 9.17) is 11.6 Å². The SMILES string of the molecule is Cc1c(Cl)cccc1Nc1ncnc2sc3c(c12)CCC(C)C3. The van der Waals surface area contributed by atoms with Crippen molar-refractivity contribution in [3.63, 3.8) is 0 Å². The monoisotopic (exact) mass is 343 g/mol. The molecule has 0 aliphatic heterocycles. The lowest BCUT2D eigenvalue weighted by Gasteiger charge is -2.18. The van der Waals surface area contributed by atoms with Gasteiger partial charge in [0, 0.05) is 15.6 Å². The fourth-order valence-corrected chi connectivity index (χ4v) is 4.77. The Bertz CT molecular complexity index is 887. The summed E-state index contributed by atoms with van der Waals surface area (Å²) < 4.78 is 0. The molecule has 0 amide bonds. The largest absolute Gasteiger partial charge is 0.339 e. The van der Waals surface area contributed by atoms with E-state index in [-0.39, 0.29) is 0 Å². The van der Waals surface area contributed by atoms with Crippen molar-refractivity contribution in [1.29, 1.82) is 0 Å². The van der Waals surface area contributed by atoms with Crippen molar-refractivity contribution < 1.29 is 0 Å². The van der Waals surface area contributed by atoms with E-state index in [1.54, 1.807) is 6.33 Å². The number of nitrogens with zero attached hydrogens (tertiary/aromatic N) is 2. The van der Waals surface area contributed by atoms with E-state index < -0.39 is 0 Å². The first kappa shape index (κ1) is 14.9. The third-order valence-electron chi connectivity index (χ3n) is 4.61. The molecule has 0 fully saturated rings. The van der Waals surface area contributed by atoms with Crippen LogP contribution in [0.2, 0.25) is 5.02 Å². The van der Waals surface area contributed by atoms with Gasteiger partial charge in [0.05, 0.1) is 5.39 Å². The third-order valence-corrected chi connectivity index (χ3v) is 6.18. The van der Waals surface area contributed by atoms with Gasteiger partial charge in [0.2, 0.25) is 0 Å². The molecule has 0 bridgehead atoms. The van der Waals surface area contributed by atoms with Crippen LogP contribution in [0, 0.1) is 12.8 Å². The van der Waals surface area contributed by atoms with Gasteiger partial charge in [0.1, 0.15) is 17.0 Å². The Labute approximate surface area is 144 Å². The van der Waals surface area contributed by atoms with E-state index in [1.165, 1.54) is 22.2 Å². The summed E-state index contributed by atoms with van der Waals surface area (Å²) in [6.07, 6.45) is 5.17. The van der Waals surface area contributed by atoms with E-state index in [9.17, 15) is 0 Å². The molecule has 2 aromatic heterocycles. The van der Waals surface area contributed by atoms with E-state index in [1.807, 2.05) is 36.5 Å². The highest BCUT2D eigenvalue weighted by atomic mass is 35.5. The predicted octanol–water partition coefficient (Wildman–Crippen LogP) is 5.52. The van der Waals surface area contributed by atoms with Gasteiger partial charge in [-0.05, 0) is 55.4 Å². The summed E-state index contributed by atoms with van der Waals surface area (Å²) in [5, 5.41) is 5.43. The first-order valence-corrected chi connectivity index (χ1v) is 9.10. The Morgan fingerprint density at radius 2 is 2.17 bits per heavy atom. The number of thiophene rings is 1. The van der Waals surface area contributed by atoms with Crippen LogP contribution in [0.1, 0.15) is 29.3 Å². The molecular weight excluding hydrogens is 326 g/mol. The fraction of sp³-hybridized carbons (Fsp3) is 0.333. The number of fused-ring (bicyclic) bond motifs is 3. The minimum absolute atomic E-state index is 0.759. The summed E-state index contributed by atoms with van der Waals surface area (Å²) in [7, 11) is 0. The van der Waals surface area contributed by atoms with Crippen LogP contribution in [0.4, 0.5) is 11.5 Å². The van der Waals surface area contributed by atoms with Crippen LogP contribution < -0.4 is 5.32 Å². The van der Waals surface area contributed by atoms with Crippen molar-refractivity contribution in [3.8, 4) is 0 Å². The average molecular weight is 344 g/mol. The molecule has 5 heteroatoms. The molecule has 23 heavy (non-hydrogen) atoms. The first-order chi connectivity index (χ1) is 11.1. The molecule has 1 aliphatic rings. The second-order valence-electron chi connectivity index (χ2n) is 6.29. The fourth-order valence-electron chi connectivity index (χ4n) is 3.24. The summed E-state index contributed by atoms with van der Waals surface area (Å²) in [6, 6.07) is 5.91. The number of hydrogen-bond donors (Lipinski definition) is 1. The molecule has 0 radical (unpaired) electrons. The number of aryl methyl sites for hydroxylation is 1. The summed E-state index contributed by atoms with van der Waals surface area (Å²) in [5.41, 5.74) is 3.48. The second-order valence-corrected chi connectivity index (χ2v) is 7.78. The Morgan fingerprint density at radius 1 is 1.30 bits per heavy atom. The molecule has 1 unspecified atom stereocenters. The van der Waals surface area contributed by atoms with E-state index in [2.05, 4.69) is 22.2 Å². The number of halogens is 1. The lowest BCUT2D eigenvalue weighted by Crippen LogP contribution is -2.09. The number of aromatic nitrogens is 2. The Hall–Kier alpha value is -1.65. The van der Waals surface area contributed by atoms with Gasteiger partial charge in [0.15, 0.2) is 0 Å². The van der Waals surface area contributed by atoms with Gasteiger partial charge in [0.25, 0.3) is 0 Å². The van der Waals surface area contributed by atoms with E-state index >= 15 is 0 Å². The molecule has 0 spiro atoms. The summed E-state index contributed by atoms with van der Waals surface area (Å²) in [6.45, 7) is 4.35. The van der Waals surface area contributed by atoms with Gasteiger partial charge in [-0.15, -0.1) is 11.3 Å². The molecule has 2 heterocycles. The molecule has 1 atom stereocenters. The number of hydrogen-bond acceptors (Lipinski definition) is 4. The molecule has 1 aliphatic carbocycles. The topological polar surface area (TPSA) is 37.8 Å².